The highest BCUT2D eigenvalue weighted by Crippen LogP contribution is 2.27. The number of nitrogens with two attached hydrogens (primary N) is 1. The van der Waals surface area contributed by atoms with Gasteiger partial charge in [-0.15, -0.1) is 0 Å². The van der Waals surface area contributed by atoms with E-state index < -0.39 is 5.41 Å². The third-order valence-corrected chi connectivity index (χ3v) is 3.24. The first-order valence-corrected chi connectivity index (χ1v) is 7.54. The smallest absolute Gasteiger partial charge is 0.306 e. The van der Waals surface area contributed by atoms with Gasteiger partial charge in [0.05, 0.1) is 19.6 Å². The highest BCUT2D eigenvalue weighted by molar-refractivity contribution is 6.01. The average Bonchev–Trinajstić information content (AvgIpc) is 2.47. The maximum absolute atomic E-state index is 12.5. The quantitative estimate of drug-likeness (QED) is 0.431. The number of hydrogen-bond donors (Lipinski definition) is 1. The normalized spacial score (nSPS) is 11.1. The molecule has 22 heavy (non-hydrogen) atoms. The molecule has 0 aromatic heterocycles. The number of carbonyl (C=O) groups excluding carboxylic acids is 2. The fourth-order valence-electron chi connectivity index (χ4n) is 2.02. The van der Waals surface area contributed by atoms with Gasteiger partial charge in [0.1, 0.15) is 5.75 Å². The second-order valence-corrected chi connectivity index (χ2v) is 5.71. The maximum atomic E-state index is 12.5. The van der Waals surface area contributed by atoms with Crippen molar-refractivity contribution in [2.75, 3.05) is 19.8 Å². The molecule has 0 saturated heterocycles. The zero-order valence-corrected chi connectivity index (χ0v) is 13.6. The molecule has 0 aliphatic heterocycles. The van der Waals surface area contributed by atoms with Gasteiger partial charge in [0.2, 0.25) is 0 Å². The van der Waals surface area contributed by atoms with Gasteiger partial charge in [-0.1, -0.05) is 13.8 Å². The summed E-state index contributed by atoms with van der Waals surface area (Å²) in [5.41, 5.74) is 5.16. The number of ether oxygens (including phenoxy) is 2. The Morgan fingerprint density at radius 1 is 1.18 bits per heavy atom. The monoisotopic (exact) mass is 307 g/mol. The molecule has 0 spiro atoms. The molecule has 5 nitrogen and oxygen atoms in total. The molecule has 0 saturated carbocycles. The first kappa shape index (κ1) is 18.2. The average molecular weight is 307 g/mol. The van der Waals surface area contributed by atoms with Gasteiger partial charge in [0.25, 0.3) is 0 Å². The highest BCUT2D eigenvalue weighted by atomic mass is 16.5. The zero-order chi connectivity index (χ0) is 16.6. The minimum absolute atomic E-state index is 0.0639. The number of Topliss-reactive ketones (excluding diaryl/α,β-unsaturated/α-hetero) is 1. The van der Waals surface area contributed by atoms with E-state index >= 15 is 0 Å². The third-order valence-electron chi connectivity index (χ3n) is 3.24. The predicted molar refractivity (Wildman–Crippen MR) is 85.0 cm³/mol. The predicted octanol–water partition coefficient (Wildman–Crippen LogP) is 2.58. The van der Waals surface area contributed by atoms with Crippen molar-refractivity contribution in [3.8, 4) is 5.75 Å². The van der Waals surface area contributed by atoms with Gasteiger partial charge in [-0.3, -0.25) is 9.59 Å². The van der Waals surface area contributed by atoms with Crippen molar-refractivity contribution in [1.82, 2.24) is 0 Å². The van der Waals surface area contributed by atoms with Crippen LogP contribution in [0.25, 0.3) is 0 Å². The summed E-state index contributed by atoms with van der Waals surface area (Å²) in [5.74, 6) is 0.254. The van der Waals surface area contributed by atoms with Gasteiger partial charge in [0, 0.05) is 11.0 Å². The molecule has 0 fully saturated rings. The summed E-state index contributed by atoms with van der Waals surface area (Å²) < 4.78 is 10.4. The Morgan fingerprint density at radius 2 is 1.82 bits per heavy atom. The number of hydrogen-bond acceptors (Lipinski definition) is 5. The molecule has 0 aliphatic carbocycles. The molecule has 1 aromatic carbocycles. The van der Waals surface area contributed by atoms with Gasteiger partial charge in [-0.05, 0) is 44.2 Å². The Bertz CT molecular complexity index is 494. The summed E-state index contributed by atoms with van der Waals surface area (Å²) in [6.07, 6.45) is 0.849. The zero-order valence-electron chi connectivity index (χ0n) is 13.6. The van der Waals surface area contributed by atoms with Crippen molar-refractivity contribution in [1.29, 1.82) is 0 Å². The summed E-state index contributed by atoms with van der Waals surface area (Å²) >= 11 is 0. The number of esters is 1. The molecule has 0 heterocycles. The molecule has 0 atom stereocenters. The number of ketones is 1. The topological polar surface area (TPSA) is 78.6 Å². The summed E-state index contributed by atoms with van der Waals surface area (Å²) in [5, 5.41) is 0. The van der Waals surface area contributed by atoms with E-state index in [1.165, 1.54) is 0 Å². The Kier molecular flexibility index (Phi) is 7.05. The van der Waals surface area contributed by atoms with Gasteiger partial charge in [-0.2, -0.15) is 0 Å². The highest BCUT2D eigenvalue weighted by Gasteiger charge is 2.31. The van der Waals surface area contributed by atoms with Gasteiger partial charge in [0.15, 0.2) is 5.78 Å². The van der Waals surface area contributed by atoms with E-state index in [0.717, 1.165) is 6.42 Å². The lowest BCUT2D eigenvalue weighted by atomic mass is 9.81. The van der Waals surface area contributed by atoms with Crippen molar-refractivity contribution in [2.24, 2.45) is 11.1 Å². The van der Waals surface area contributed by atoms with E-state index in [-0.39, 0.29) is 18.2 Å². The van der Waals surface area contributed by atoms with Crippen LogP contribution in [0.1, 0.15) is 44.0 Å². The summed E-state index contributed by atoms with van der Waals surface area (Å²) in [6.45, 7) is 6.70. The summed E-state index contributed by atoms with van der Waals surface area (Å²) in [7, 11) is 0. The maximum Gasteiger partial charge on any atom is 0.306 e. The molecular formula is C17H25NO4. The number of benzene rings is 1. The molecule has 2 N–H and O–H groups in total. The van der Waals surface area contributed by atoms with Gasteiger partial charge >= 0.3 is 5.97 Å². The SMILES string of the molecule is CCOC(=O)CC(C)(C)C(=O)c1ccc(OCCCN)cc1. The standard InChI is InChI=1S/C17H25NO4/c1-4-21-15(19)12-17(2,3)16(20)13-6-8-14(9-7-13)22-11-5-10-18/h6-9H,4-5,10-12,18H2,1-3H3. The first-order chi connectivity index (χ1) is 10.4. The number of carbonyl (C=O) groups is 2. The minimum Gasteiger partial charge on any atom is -0.494 e. The molecule has 0 radical (unpaired) electrons. The van der Waals surface area contributed by atoms with Crippen molar-refractivity contribution in [3.63, 3.8) is 0 Å². The second kappa shape index (κ2) is 8.54. The molecular weight excluding hydrogens is 282 g/mol. The van der Waals surface area contributed by atoms with E-state index in [9.17, 15) is 9.59 Å². The fourth-order valence-corrected chi connectivity index (χ4v) is 2.02. The summed E-state index contributed by atoms with van der Waals surface area (Å²) in [4.78, 5) is 24.1. The van der Waals surface area contributed by atoms with E-state index in [0.29, 0.717) is 31.1 Å². The van der Waals surface area contributed by atoms with Crippen LogP contribution in [0.3, 0.4) is 0 Å². The van der Waals surface area contributed by atoms with Crippen LogP contribution in [0, 0.1) is 5.41 Å². The van der Waals surface area contributed by atoms with Crippen LogP contribution in [0.2, 0.25) is 0 Å². The van der Waals surface area contributed by atoms with Crippen LogP contribution in [-0.4, -0.2) is 31.5 Å². The Labute approximate surface area is 131 Å². The first-order valence-electron chi connectivity index (χ1n) is 7.54. The molecule has 0 unspecified atom stereocenters. The number of rotatable bonds is 9. The third kappa shape index (κ3) is 5.48. The van der Waals surface area contributed by atoms with Crippen LogP contribution < -0.4 is 10.5 Å². The van der Waals surface area contributed by atoms with E-state index in [2.05, 4.69) is 0 Å². The Hall–Kier alpha value is -1.88. The fraction of sp³-hybridized carbons (Fsp3) is 0.529. The van der Waals surface area contributed by atoms with E-state index in [1.54, 1.807) is 45.0 Å². The van der Waals surface area contributed by atoms with Gasteiger partial charge in [-0.25, -0.2) is 0 Å². The Morgan fingerprint density at radius 3 is 2.36 bits per heavy atom. The lowest BCUT2D eigenvalue weighted by Gasteiger charge is -2.22. The van der Waals surface area contributed by atoms with Crippen LogP contribution in [0.15, 0.2) is 24.3 Å². The molecule has 5 heteroatoms. The minimum atomic E-state index is -0.797. The van der Waals surface area contributed by atoms with Crippen molar-refractivity contribution < 1.29 is 19.1 Å². The van der Waals surface area contributed by atoms with Crippen LogP contribution in [-0.2, 0) is 9.53 Å². The lowest BCUT2D eigenvalue weighted by Crippen LogP contribution is -2.28. The summed E-state index contributed by atoms with van der Waals surface area (Å²) in [6, 6.07) is 6.94. The van der Waals surface area contributed by atoms with Crippen LogP contribution in [0.5, 0.6) is 5.75 Å². The van der Waals surface area contributed by atoms with Crippen molar-refractivity contribution >= 4 is 11.8 Å². The second-order valence-electron chi connectivity index (χ2n) is 5.71. The van der Waals surface area contributed by atoms with Gasteiger partial charge < -0.3 is 15.2 Å². The molecule has 122 valence electrons. The van der Waals surface area contributed by atoms with E-state index in [1.807, 2.05) is 0 Å². The molecule has 1 aromatic rings. The van der Waals surface area contributed by atoms with Crippen LogP contribution >= 0.6 is 0 Å². The largest absolute Gasteiger partial charge is 0.494 e. The lowest BCUT2D eigenvalue weighted by molar-refractivity contribution is -0.144. The van der Waals surface area contributed by atoms with Crippen molar-refractivity contribution in [2.45, 2.75) is 33.6 Å². The molecule has 1 rings (SSSR count). The molecule has 0 bridgehead atoms. The van der Waals surface area contributed by atoms with Crippen LogP contribution in [0.4, 0.5) is 0 Å². The van der Waals surface area contributed by atoms with Crippen molar-refractivity contribution in [3.05, 3.63) is 29.8 Å². The molecule has 0 aliphatic rings. The Balaban J connectivity index is 2.69. The van der Waals surface area contributed by atoms with E-state index in [4.69, 9.17) is 15.2 Å². The molecule has 0 amide bonds.